The van der Waals surface area contributed by atoms with Crippen molar-refractivity contribution in [3.63, 3.8) is 0 Å². The quantitative estimate of drug-likeness (QED) is 0.433. The maximum atomic E-state index is 10.4. The average Bonchev–Trinajstić information content (AvgIpc) is 2.07. The van der Waals surface area contributed by atoms with Crippen molar-refractivity contribution in [1.29, 1.82) is 0 Å². The van der Waals surface area contributed by atoms with Crippen molar-refractivity contribution in [1.82, 2.24) is 0 Å². The lowest BCUT2D eigenvalue weighted by Gasteiger charge is -2.15. The fourth-order valence-corrected chi connectivity index (χ4v) is 0.854. The summed E-state index contributed by atoms with van der Waals surface area (Å²) in [6.45, 7) is 1.97. The van der Waals surface area contributed by atoms with Crippen LogP contribution in [0.3, 0.4) is 0 Å². The highest BCUT2D eigenvalue weighted by Crippen LogP contribution is 2.10. The molecular weight excluding hydrogens is 144 g/mol. The van der Waals surface area contributed by atoms with Gasteiger partial charge in [-0.1, -0.05) is 6.92 Å². The smallest absolute Gasteiger partial charge is 0.157 e. The molecule has 11 heavy (non-hydrogen) atoms. The van der Waals surface area contributed by atoms with E-state index >= 15 is 0 Å². The molecule has 0 spiro atoms. The van der Waals surface area contributed by atoms with Gasteiger partial charge in [0, 0.05) is 26.6 Å². The Balaban J connectivity index is 3.67. The summed E-state index contributed by atoms with van der Waals surface area (Å²) in [5, 5.41) is 0. The largest absolute Gasteiger partial charge is 0.356 e. The predicted molar refractivity (Wildman–Crippen MR) is 42.3 cm³/mol. The second-order valence-corrected chi connectivity index (χ2v) is 2.44. The molecule has 1 atom stereocenters. The van der Waals surface area contributed by atoms with Gasteiger partial charge in [-0.05, 0) is 6.42 Å². The molecule has 0 aliphatic heterocycles. The van der Waals surface area contributed by atoms with Gasteiger partial charge in [-0.2, -0.15) is 0 Å². The number of carbonyl (C=O) groups is 1. The Kier molecular flexibility index (Phi) is 6.07. The van der Waals surface area contributed by atoms with Gasteiger partial charge in [0.2, 0.25) is 0 Å². The van der Waals surface area contributed by atoms with Crippen molar-refractivity contribution < 1.29 is 14.3 Å². The molecule has 0 saturated heterocycles. The molecule has 0 aromatic carbocycles. The fourth-order valence-electron chi connectivity index (χ4n) is 0.854. The van der Waals surface area contributed by atoms with Gasteiger partial charge in [-0.15, -0.1) is 0 Å². The minimum Gasteiger partial charge on any atom is -0.356 e. The zero-order valence-electron chi connectivity index (χ0n) is 7.37. The van der Waals surface area contributed by atoms with E-state index < -0.39 is 0 Å². The highest BCUT2D eigenvalue weighted by atomic mass is 16.7. The first-order valence-electron chi connectivity index (χ1n) is 3.79. The second kappa shape index (κ2) is 6.31. The Morgan fingerprint density at radius 1 is 1.36 bits per heavy atom. The topological polar surface area (TPSA) is 35.5 Å². The monoisotopic (exact) mass is 160 g/mol. The summed E-state index contributed by atoms with van der Waals surface area (Å²) in [7, 11) is 3.15. The molecular formula is C8H16O3. The molecule has 0 aromatic heterocycles. The molecule has 3 heteroatoms. The third-order valence-electron chi connectivity index (χ3n) is 1.74. The highest BCUT2D eigenvalue weighted by molar-refractivity contribution is 5.53. The fraction of sp³-hybridized carbons (Fsp3) is 0.875. The minimum absolute atomic E-state index is 0.0555. The van der Waals surface area contributed by atoms with Crippen LogP contribution in [0.4, 0.5) is 0 Å². The van der Waals surface area contributed by atoms with E-state index in [2.05, 4.69) is 0 Å². The van der Waals surface area contributed by atoms with Crippen LogP contribution in [-0.2, 0) is 14.3 Å². The van der Waals surface area contributed by atoms with E-state index in [1.54, 1.807) is 14.2 Å². The molecule has 0 N–H and O–H groups in total. The van der Waals surface area contributed by atoms with E-state index in [1.165, 1.54) is 0 Å². The van der Waals surface area contributed by atoms with E-state index in [0.29, 0.717) is 6.42 Å². The third kappa shape index (κ3) is 4.11. The lowest BCUT2D eigenvalue weighted by atomic mass is 10.0. The average molecular weight is 160 g/mol. The van der Waals surface area contributed by atoms with Gasteiger partial charge in [0.1, 0.15) is 6.29 Å². The molecule has 0 radical (unpaired) electrons. The number of aldehydes is 1. The lowest BCUT2D eigenvalue weighted by Crippen LogP contribution is -2.18. The van der Waals surface area contributed by atoms with Crippen LogP contribution in [0.2, 0.25) is 0 Å². The van der Waals surface area contributed by atoms with E-state index in [1.807, 2.05) is 6.92 Å². The van der Waals surface area contributed by atoms with Crippen molar-refractivity contribution >= 4 is 6.29 Å². The van der Waals surface area contributed by atoms with Crippen LogP contribution < -0.4 is 0 Å². The normalized spacial score (nSPS) is 13.5. The summed E-state index contributed by atoms with van der Waals surface area (Å²) in [6.07, 6.45) is 2.19. The van der Waals surface area contributed by atoms with E-state index in [4.69, 9.17) is 9.47 Å². The van der Waals surface area contributed by atoms with Crippen LogP contribution in [0.5, 0.6) is 0 Å². The molecule has 3 nitrogen and oxygen atoms in total. The van der Waals surface area contributed by atoms with Gasteiger partial charge in [-0.3, -0.25) is 0 Å². The molecule has 0 amide bonds. The van der Waals surface area contributed by atoms with Crippen LogP contribution in [0, 0.1) is 5.92 Å². The molecule has 0 heterocycles. The Morgan fingerprint density at radius 2 is 1.91 bits per heavy atom. The Hall–Kier alpha value is -0.410. The van der Waals surface area contributed by atoms with Crippen molar-refractivity contribution in [2.75, 3.05) is 14.2 Å². The van der Waals surface area contributed by atoms with Crippen LogP contribution in [0.15, 0.2) is 0 Å². The van der Waals surface area contributed by atoms with Gasteiger partial charge < -0.3 is 14.3 Å². The van der Waals surface area contributed by atoms with Gasteiger partial charge >= 0.3 is 0 Å². The molecule has 0 rings (SSSR count). The first kappa shape index (κ1) is 10.6. The SMILES string of the molecule is CCC(C=O)CC(OC)OC. The Labute approximate surface area is 67.7 Å². The molecule has 1 unspecified atom stereocenters. The minimum atomic E-state index is -0.245. The molecule has 0 aromatic rings. The maximum Gasteiger partial charge on any atom is 0.157 e. The number of carbonyl (C=O) groups excluding carboxylic acids is 1. The number of ether oxygens (including phenoxy) is 2. The van der Waals surface area contributed by atoms with Gasteiger partial charge in [0.15, 0.2) is 6.29 Å². The zero-order chi connectivity index (χ0) is 8.69. The molecule has 66 valence electrons. The maximum absolute atomic E-state index is 10.4. The van der Waals surface area contributed by atoms with Crippen LogP contribution in [0.1, 0.15) is 19.8 Å². The molecule has 0 bridgehead atoms. The van der Waals surface area contributed by atoms with Crippen molar-refractivity contribution in [2.45, 2.75) is 26.1 Å². The van der Waals surface area contributed by atoms with Crippen LogP contribution in [-0.4, -0.2) is 26.8 Å². The summed E-state index contributed by atoms with van der Waals surface area (Å²) in [6, 6.07) is 0. The lowest BCUT2D eigenvalue weighted by molar-refractivity contribution is -0.126. The van der Waals surface area contributed by atoms with Crippen LogP contribution >= 0.6 is 0 Å². The van der Waals surface area contributed by atoms with Crippen molar-refractivity contribution in [2.24, 2.45) is 5.92 Å². The standard InChI is InChI=1S/C8H16O3/c1-4-7(6-9)5-8(10-2)11-3/h6-8H,4-5H2,1-3H3. The molecule has 0 saturated carbocycles. The molecule has 0 fully saturated rings. The Morgan fingerprint density at radius 3 is 2.18 bits per heavy atom. The predicted octanol–water partition coefficient (Wildman–Crippen LogP) is 1.22. The number of hydrogen-bond donors (Lipinski definition) is 0. The second-order valence-electron chi connectivity index (χ2n) is 2.44. The zero-order valence-corrected chi connectivity index (χ0v) is 7.37. The molecule has 0 aliphatic carbocycles. The van der Waals surface area contributed by atoms with Crippen molar-refractivity contribution in [3.05, 3.63) is 0 Å². The number of rotatable bonds is 6. The van der Waals surface area contributed by atoms with E-state index in [-0.39, 0.29) is 12.2 Å². The van der Waals surface area contributed by atoms with E-state index in [0.717, 1.165) is 12.7 Å². The van der Waals surface area contributed by atoms with Crippen LogP contribution in [0.25, 0.3) is 0 Å². The van der Waals surface area contributed by atoms with E-state index in [9.17, 15) is 4.79 Å². The first-order chi connectivity index (χ1) is 5.28. The van der Waals surface area contributed by atoms with Crippen molar-refractivity contribution in [3.8, 4) is 0 Å². The summed E-state index contributed by atoms with van der Waals surface area (Å²) < 4.78 is 9.91. The molecule has 0 aliphatic rings. The number of hydrogen-bond acceptors (Lipinski definition) is 3. The summed E-state index contributed by atoms with van der Waals surface area (Å²) in [4.78, 5) is 10.4. The highest BCUT2D eigenvalue weighted by Gasteiger charge is 2.12. The van der Waals surface area contributed by atoms with Gasteiger partial charge in [0.05, 0.1) is 0 Å². The van der Waals surface area contributed by atoms with Gasteiger partial charge in [-0.25, -0.2) is 0 Å². The van der Waals surface area contributed by atoms with Gasteiger partial charge in [0.25, 0.3) is 0 Å². The summed E-state index contributed by atoms with van der Waals surface area (Å²) in [5.41, 5.74) is 0. The summed E-state index contributed by atoms with van der Waals surface area (Å²) >= 11 is 0. The Bertz CT molecular complexity index is 99.5. The number of methoxy groups -OCH3 is 2. The first-order valence-corrected chi connectivity index (χ1v) is 3.79. The summed E-state index contributed by atoms with van der Waals surface area (Å²) in [5.74, 6) is 0.0555. The third-order valence-corrected chi connectivity index (χ3v) is 1.74.